The molecule has 1 heterocycles. The monoisotopic (exact) mass is 372 g/mol. The summed E-state index contributed by atoms with van der Waals surface area (Å²) in [6, 6.07) is 10.9. The van der Waals surface area contributed by atoms with E-state index in [-0.39, 0.29) is 5.91 Å². The zero-order valence-electron chi connectivity index (χ0n) is 14.0. The number of rotatable bonds is 4. The first-order valence-corrected chi connectivity index (χ1v) is 8.75. The molecule has 0 bridgehead atoms. The smallest absolute Gasteiger partial charge is 0.255 e. The Morgan fingerprint density at radius 2 is 1.85 bits per heavy atom. The van der Waals surface area contributed by atoms with E-state index < -0.39 is 11.7 Å². The molecule has 1 N–H and O–H groups in total. The lowest BCUT2D eigenvalue weighted by Crippen LogP contribution is -2.28. The van der Waals surface area contributed by atoms with Gasteiger partial charge in [-0.3, -0.25) is 9.59 Å². The number of amides is 2. The highest BCUT2D eigenvalue weighted by Gasteiger charge is 2.22. The van der Waals surface area contributed by atoms with Crippen LogP contribution in [-0.2, 0) is 4.79 Å². The largest absolute Gasteiger partial charge is 0.339 e. The molecule has 26 heavy (non-hydrogen) atoms. The number of anilines is 1. The summed E-state index contributed by atoms with van der Waals surface area (Å²) in [6.45, 7) is 1.42. The van der Waals surface area contributed by atoms with Gasteiger partial charge in [0.2, 0.25) is 5.91 Å². The molecule has 4 nitrogen and oxygen atoms in total. The first-order valence-electron chi connectivity index (χ1n) is 8.37. The number of nitrogens with one attached hydrogen (secondary N) is 1. The number of carbonyl (C=O) groups excluding carboxylic acids is 2. The van der Waals surface area contributed by atoms with Crippen LogP contribution in [0.25, 0.3) is 6.08 Å². The van der Waals surface area contributed by atoms with Crippen LogP contribution in [0.15, 0.2) is 48.5 Å². The fourth-order valence-electron chi connectivity index (χ4n) is 2.85. The SMILES string of the molecule is O=C(/C=C/c1ccccc1F)Nc1cc(Cl)ccc1C(=O)N1CCCC1. The predicted octanol–water partition coefficient (Wildman–Crippen LogP) is 4.37. The molecule has 0 radical (unpaired) electrons. The van der Waals surface area contributed by atoms with Gasteiger partial charge in [-0.15, -0.1) is 0 Å². The van der Waals surface area contributed by atoms with Crippen molar-refractivity contribution in [3.63, 3.8) is 0 Å². The van der Waals surface area contributed by atoms with E-state index in [1.807, 2.05) is 0 Å². The van der Waals surface area contributed by atoms with Crippen LogP contribution in [0, 0.1) is 5.82 Å². The van der Waals surface area contributed by atoms with Gasteiger partial charge in [-0.25, -0.2) is 4.39 Å². The Morgan fingerprint density at radius 3 is 2.58 bits per heavy atom. The zero-order valence-corrected chi connectivity index (χ0v) is 14.8. The van der Waals surface area contributed by atoms with Crippen LogP contribution >= 0.6 is 11.6 Å². The molecule has 2 aromatic carbocycles. The van der Waals surface area contributed by atoms with Crippen molar-refractivity contribution >= 4 is 35.2 Å². The van der Waals surface area contributed by atoms with Crippen LogP contribution in [-0.4, -0.2) is 29.8 Å². The van der Waals surface area contributed by atoms with Gasteiger partial charge >= 0.3 is 0 Å². The molecule has 1 fully saturated rings. The van der Waals surface area contributed by atoms with Crippen molar-refractivity contribution in [2.24, 2.45) is 0 Å². The van der Waals surface area contributed by atoms with Crippen molar-refractivity contribution in [3.8, 4) is 0 Å². The summed E-state index contributed by atoms with van der Waals surface area (Å²) in [4.78, 5) is 26.6. The summed E-state index contributed by atoms with van der Waals surface area (Å²) in [5, 5.41) is 3.08. The first kappa shape index (κ1) is 18.1. The summed E-state index contributed by atoms with van der Waals surface area (Å²) >= 11 is 6.01. The van der Waals surface area contributed by atoms with Crippen molar-refractivity contribution in [3.05, 3.63) is 70.5 Å². The summed E-state index contributed by atoms with van der Waals surface area (Å²) in [5.74, 6) is -1.01. The van der Waals surface area contributed by atoms with Gasteiger partial charge in [-0.05, 0) is 43.2 Å². The standard InChI is InChI=1S/C20H18ClFN2O2/c21-15-8-9-16(20(26)24-11-3-4-12-24)18(13-15)23-19(25)10-7-14-5-1-2-6-17(14)22/h1-2,5-10,13H,3-4,11-12H2,(H,23,25)/b10-7+. The second kappa shape index (κ2) is 8.15. The van der Waals surface area contributed by atoms with Gasteiger partial charge in [0.05, 0.1) is 11.3 Å². The highest BCUT2D eigenvalue weighted by Crippen LogP contribution is 2.24. The molecular formula is C20H18ClFN2O2. The van der Waals surface area contributed by atoms with Crippen molar-refractivity contribution in [2.75, 3.05) is 18.4 Å². The molecule has 0 atom stereocenters. The Balaban J connectivity index is 1.78. The minimum Gasteiger partial charge on any atom is -0.339 e. The Kier molecular flexibility index (Phi) is 5.68. The minimum absolute atomic E-state index is 0.132. The number of hydrogen-bond donors (Lipinski definition) is 1. The first-order chi connectivity index (χ1) is 12.5. The fourth-order valence-corrected chi connectivity index (χ4v) is 3.02. The Bertz CT molecular complexity index is 861. The van der Waals surface area contributed by atoms with Gasteiger partial charge in [-0.1, -0.05) is 29.8 Å². The van der Waals surface area contributed by atoms with Crippen molar-refractivity contribution in [1.82, 2.24) is 4.90 Å². The third kappa shape index (κ3) is 4.29. The molecule has 134 valence electrons. The maximum absolute atomic E-state index is 13.6. The van der Waals surface area contributed by atoms with Gasteiger partial charge in [-0.2, -0.15) is 0 Å². The molecule has 0 saturated carbocycles. The number of hydrogen-bond acceptors (Lipinski definition) is 2. The van der Waals surface area contributed by atoms with Gasteiger partial charge in [0.1, 0.15) is 5.82 Å². The molecule has 2 aromatic rings. The maximum Gasteiger partial charge on any atom is 0.255 e. The van der Waals surface area contributed by atoms with E-state index in [0.29, 0.717) is 34.9 Å². The fraction of sp³-hybridized carbons (Fsp3) is 0.200. The van der Waals surface area contributed by atoms with Crippen LogP contribution < -0.4 is 5.32 Å². The average molecular weight is 373 g/mol. The number of benzene rings is 2. The van der Waals surface area contributed by atoms with E-state index in [4.69, 9.17) is 11.6 Å². The molecule has 1 saturated heterocycles. The number of nitrogens with zero attached hydrogens (tertiary/aromatic N) is 1. The molecule has 0 spiro atoms. The highest BCUT2D eigenvalue weighted by atomic mass is 35.5. The lowest BCUT2D eigenvalue weighted by Gasteiger charge is -2.18. The van der Waals surface area contributed by atoms with E-state index in [1.54, 1.807) is 41.3 Å². The van der Waals surface area contributed by atoms with Crippen molar-refractivity contribution in [2.45, 2.75) is 12.8 Å². The van der Waals surface area contributed by atoms with Gasteiger partial charge in [0.25, 0.3) is 5.91 Å². The molecular weight excluding hydrogens is 355 g/mol. The van der Waals surface area contributed by atoms with Crippen LogP contribution in [0.5, 0.6) is 0 Å². The third-order valence-corrected chi connectivity index (χ3v) is 4.42. The summed E-state index contributed by atoms with van der Waals surface area (Å²) in [6.07, 6.45) is 4.57. The molecule has 0 aliphatic carbocycles. The number of carbonyl (C=O) groups is 2. The van der Waals surface area contributed by atoms with Crippen LogP contribution in [0.1, 0.15) is 28.8 Å². The average Bonchev–Trinajstić information content (AvgIpc) is 3.15. The Morgan fingerprint density at radius 1 is 1.12 bits per heavy atom. The Labute approximate surface area is 156 Å². The van der Waals surface area contributed by atoms with E-state index >= 15 is 0 Å². The van der Waals surface area contributed by atoms with Crippen LogP contribution in [0.4, 0.5) is 10.1 Å². The molecule has 1 aliphatic rings. The summed E-state index contributed by atoms with van der Waals surface area (Å²) in [5.41, 5.74) is 1.05. The van der Waals surface area contributed by atoms with Crippen LogP contribution in [0.2, 0.25) is 5.02 Å². The number of halogens is 2. The normalized spacial score (nSPS) is 14.0. The second-order valence-corrected chi connectivity index (χ2v) is 6.47. The molecule has 3 rings (SSSR count). The van der Waals surface area contributed by atoms with Crippen LogP contribution in [0.3, 0.4) is 0 Å². The molecule has 0 unspecified atom stereocenters. The van der Waals surface area contributed by atoms with E-state index in [2.05, 4.69) is 5.32 Å². The molecule has 1 aliphatic heterocycles. The number of likely N-dealkylation sites (tertiary alicyclic amines) is 1. The van der Waals surface area contributed by atoms with E-state index in [9.17, 15) is 14.0 Å². The van der Waals surface area contributed by atoms with Crippen molar-refractivity contribution in [1.29, 1.82) is 0 Å². The van der Waals surface area contributed by atoms with Gasteiger partial charge in [0.15, 0.2) is 0 Å². The van der Waals surface area contributed by atoms with Gasteiger partial charge in [0, 0.05) is 29.8 Å². The lowest BCUT2D eigenvalue weighted by atomic mass is 10.1. The molecule has 6 heteroatoms. The van der Waals surface area contributed by atoms with Gasteiger partial charge < -0.3 is 10.2 Å². The highest BCUT2D eigenvalue weighted by molar-refractivity contribution is 6.31. The minimum atomic E-state index is -0.467. The maximum atomic E-state index is 13.6. The predicted molar refractivity (Wildman–Crippen MR) is 101 cm³/mol. The second-order valence-electron chi connectivity index (χ2n) is 6.03. The van der Waals surface area contributed by atoms with E-state index in [0.717, 1.165) is 12.8 Å². The Hall–Kier alpha value is -2.66. The quantitative estimate of drug-likeness (QED) is 0.810. The third-order valence-electron chi connectivity index (χ3n) is 4.18. The summed E-state index contributed by atoms with van der Waals surface area (Å²) < 4.78 is 13.6. The van der Waals surface area contributed by atoms with E-state index in [1.165, 1.54) is 18.2 Å². The lowest BCUT2D eigenvalue weighted by molar-refractivity contribution is -0.111. The van der Waals surface area contributed by atoms with Crippen molar-refractivity contribution < 1.29 is 14.0 Å². The molecule has 2 amide bonds. The zero-order chi connectivity index (χ0) is 18.5. The topological polar surface area (TPSA) is 49.4 Å². The molecule has 0 aromatic heterocycles. The summed E-state index contributed by atoms with van der Waals surface area (Å²) in [7, 11) is 0.